The average molecular weight is 716 g/mol. The standard InChI is InChI=1S/C52H33N3O/c1-3-14-34(15-4-1)46-33-47(55-51(54-46)35-16-5-2-6-17-35)40-21-12-20-38(31-40)36-18-11-19-37(30-36)39-27-28-41-42-22-13-29-53-50(42)52(45(41)32-39)43-23-7-9-25-48(43)56-49-26-10-8-24-44(49)52/h1-33H. The molecular formula is C52H33N3O. The third kappa shape index (κ3) is 5.04. The maximum atomic E-state index is 6.54. The Morgan fingerprint density at radius 1 is 0.357 bits per heavy atom. The predicted molar refractivity (Wildman–Crippen MR) is 224 cm³/mol. The minimum atomic E-state index is -0.617. The lowest BCUT2D eigenvalue weighted by Gasteiger charge is -2.38. The molecule has 0 atom stereocenters. The number of nitrogens with zero attached hydrogens (tertiary/aromatic N) is 3. The summed E-state index contributed by atoms with van der Waals surface area (Å²) in [5.41, 5.74) is 15.6. The van der Waals surface area contributed by atoms with E-state index >= 15 is 0 Å². The molecule has 1 aliphatic carbocycles. The van der Waals surface area contributed by atoms with Crippen LogP contribution in [0, 0.1) is 0 Å². The molecule has 1 aliphatic heterocycles. The van der Waals surface area contributed by atoms with E-state index in [-0.39, 0.29) is 0 Å². The number of rotatable bonds is 5. The predicted octanol–water partition coefficient (Wildman–Crippen LogP) is 12.7. The van der Waals surface area contributed by atoms with Crippen molar-refractivity contribution in [2.24, 2.45) is 0 Å². The molecule has 7 aromatic carbocycles. The van der Waals surface area contributed by atoms with Gasteiger partial charge in [0.25, 0.3) is 0 Å². The second-order valence-electron chi connectivity index (χ2n) is 14.4. The van der Waals surface area contributed by atoms with Gasteiger partial charge in [-0.05, 0) is 75.8 Å². The molecule has 0 N–H and O–H groups in total. The van der Waals surface area contributed by atoms with Gasteiger partial charge in [0, 0.05) is 39.6 Å². The van der Waals surface area contributed by atoms with Gasteiger partial charge in [-0.15, -0.1) is 0 Å². The second kappa shape index (κ2) is 12.9. The first-order chi connectivity index (χ1) is 27.7. The van der Waals surface area contributed by atoms with Gasteiger partial charge < -0.3 is 4.74 Å². The van der Waals surface area contributed by atoms with Crippen molar-refractivity contribution in [2.45, 2.75) is 5.41 Å². The number of ether oxygens (including phenoxy) is 1. The van der Waals surface area contributed by atoms with Gasteiger partial charge in [0.1, 0.15) is 11.5 Å². The molecule has 4 heteroatoms. The maximum Gasteiger partial charge on any atom is 0.160 e. The molecule has 11 rings (SSSR count). The fourth-order valence-electron chi connectivity index (χ4n) is 8.66. The molecule has 0 fully saturated rings. The zero-order valence-corrected chi connectivity index (χ0v) is 30.3. The highest BCUT2D eigenvalue weighted by atomic mass is 16.5. The van der Waals surface area contributed by atoms with Crippen molar-refractivity contribution >= 4 is 0 Å². The largest absolute Gasteiger partial charge is 0.457 e. The van der Waals surface area contributed by atoms with Gasteiger partial charge in [0.2, 0.25) is 0 Å². The number of hydrogen-bond acceptors (Lipinski definition) is 4. The van der Waals surface area contributed by atoms with Crippen LogP contribution in [0.2, 0.25) is 0 Å². The number of hydrogen-bond donors (Lipinski definition) is 0. The molecular weight excluding hydrogens is 683 g/mol. The van der Waals surface area contributed by atoms with Crippen LogP contribution >= 0.6 is 0 Å². The zero-order chi connectivity index (χ0) is 37.1. The number of fused-ring (bicyclic) bond motifs is 9. The van der Waals surface area contributed by atoms with Crippen molar-refractivity contribution in [3.8, 4) is 78.8 Å². The molecule has 4 nitrogen and oxygen atoms in total. The first-order valence-electron chi connectivity index (χ1n) is 18.9. The van der Waals surface area contributed by atoms with E-state index in [2.05, 4.69) is 140 Å². The molecule has 3 heterocycles. The highest BCUT2D eigenvalue weighted by molar-refractivity contribution is 5.89. The van der Waals surface area contributed by atoms with E-state index in [9.17, 15) is 0 Å². The van der Waals surface area contributed by atoms with Gasteiger partial charge in [-0.3, -0.25) is 4.98 Å². The van der Waals surface area contributed by atoms with Crippen LogP contribution in [0.25, 0.3) is 67.3 Å². The summed E-state index contributed by atoms with van der Waals surface area (Å²) in [5.74, 6) is 2.42. The van der Waals surface area contributed by atoms with Gasteiger partial charge in [0.05, 0.1) is 22.5 Å². The SMILES string of the molecule is c1ccc(-c2cc(-c3cccc(-c4cccc(-c5ccc6c(c5)C5(c7ccccc7Oc7ccccc75)c5ncccc5-6)c4)c3)nc(-c3ccccc3)n2)cc1. The molecule has 0 bridgehead atoms. The molecule has 0 amide bonds. The topological polar surface area (TPSA) is 47.9 Å². The quantitative estimate of drug-likeness (QED) is 0.178. The van der Waals surface area contributed by atoms with Crippen LogP contribution in [0.5, 0.6) is 11.5 Å². The molecule has 0 unspecified atom stereocenters. The van der Waals surface area contributed by atoms with Crippen LogP contribution in [-0.4, -0.2) is 15.0 Å². The van der Waals surface area contributed by atoms with E-state index in [0.29, 0.717) is 5.82 Å². The monoisotopic (exact) mass is 715 g/mol. The Balaban J connectivity index is 1.03. The van der Waals surface area contributed by atoms with E-state index in [0.717, 1.165) is 84.2 Å². The lowest BCUT2D eigenvalue weighted by Crippen LogP contribution is -2.33. The van der Waals surface area contributed by atoms with E-state index in [1.807, 2.05) is 60.8 Å². The van der Waals surface area contributed by atoms with Crippen molar-refractivity contribution in [1.82, 2.24) is 15.0 Å². The van der Waals surface area contributed by atoms with Crippen molar-refractivity contribution < 1.29 is 4.74 Å². The molecule has 262 valence electrons. The third-order valence-corrected chi connectivity index (χ3v) is 11.2. The third-order valence-electron chi connectivity index (χ3n) is 11.2. The van der Waals surface area contributed by atoms with E-state index in [1.54, 1.807) is 0 Å². The highest BCUT2D eigenvalue weighted by Crippen LogP contribution is 2.61. The Labute approximate surface area is 325 Å². The molecule has 1 spiro atoms. The van der Waals surface area contributed by atoms with Crippen LogP contribution in [-0.2, 0) is 5.41 Å². The van der Waals surface area contributed by atoms with Gasteiger partial charge in [-0.1, -0.05) is 152 Å². The molecule has 56 heavy (non-hydrogen) atoms. The molecule has 9 aromatic rings. The van der Waals surface area contributed by atoms with Crippen LogP contribution in [0.15, 0.2) is 200 Å². The van der Waals surface area contributed by atoms with Crippen molar-refractivity contribution in [3.05, 3.63) is 223 Å². The van der Waals surface area contributed by atoms with Crippen LogP contribution in [0.1, 0.15) is 22.4 Å². The summed E-state index contributed by atoms with van der Waals surface area (Å²) in [7, 11) is 0. The maximum absolute atomic E-state index is 6.54. The minimum Gasteiger partial charge on any atom is -0.457 e. The number of pyridine rings is 1. The van der Waals surface area contributed by atoms with Crippen molar-refractivity contribution in [3.63, 3.8) is 0 Å². The smallest absolute Gasteiger partial charge is 0.160 e. The van der Waals surface area contributed by atoms with Crippen LogP contribution < -0.4 is 4.74 Å². The Bertz CT molecular complexity index is 2850. The molecule has 2 aliphatic rings. The fraction of sp³-hybridized carbons (Fsp3) is 0.0192. The average Bonchev–Trinajstić information content (AvgIpc) is 3.57. The summed E-state index contributed by atoms with van der Waals surface area (Å²) in [4.78, 5) is 15.2. The Kier molecular flexibility index (Phi) is 7.36. The zero-order valence-electron chi connectivity index (χ0n) is 30.3. The summed E-state index contributed by atoms with van der Waals surface area (Å²) in [6, 6.07) is 68.1. The number of aromatic nitrogens is 3. The molecule has 0 radical (unpaired) electrons. The molecule has 2 aromatic heterocycles. The molecule has 0 saturated carbocycles. The van der Waals surface area contributed by atoms with Gasteiger partial charge >= 0.3 is 0 Å². The van der Waals surface area contributed by atoms with Crippen LogP contribution in [0.4, 0.5) is 0 Å². The number of benzene rings is 7. The summed E-state index contributed by atoms with van der Waals surface area (Å²) in [6.45, 7) is 0. The number of para-hydroxylation sites is 2. The van der Waals surface area contributed by atoms with Gasteiger partial charge in [0.15, 0.2) is 5.82 Å². The first kappa shape index (κ1) is 32.0. The lowest BCUT2D eigenvalue weighted by molar-refractivity contribution is 0.434. The first-order valence-corrected chi connectivity index (χ1v) is 18.9. The Morgan fingerprint density at radius 2 is 0.893 bits per heavy atom. The Morgan fingerprint density at radius 3 is 1.57 bits per heavy atom. The van der Waals surface area contributed by atoms with Gasteiger partial charge in [-0.25, -0.2) is 9.97 Å². The second-order valence-corrected chi connectivity index (χ2v) is 14.4. The summed E-state index contributed by atoms with van der Waals surface area (Å²) < 4.78 is 6.54. The van der Waals surface area contributed by atoms with E-state index < -0.39 is 5.41 Å². The molecule has 0 saturated heterocycles. The summed E-state index contributed by atoms with van der Waals surface area (Å²) in [6.07, 6.45) is 1.91. The Hall–Kier alpha value is -7.43. The lowest BCUT2D eigenvalue weighted by atomic mass is 9.67. The summed E-state index contributed by atoms with van der Waals surface area (Å²) in [5, 5.41) is 0. The van der Waals surface area contributed by atoms with Crippen LogP contribution in [0.3, 0.4) is 0 Å². The highest BCUT2D eigenvalue weighted by Gasteiger charge is 2.52. The normalized spacial score (nSPS) is 12.9. The van der Waals surface area contributed by atoms with E-state index in [4.69, 9.17) is 19.7 Å². The van der Waals surface area contributed by atoms with Gasteiger partial charge in [-0.2, -0.15) is 0 Å². The summed E-state index contributed by atoms with van der Waals surface area (Å²) >= 11 is 0. The van der Waals surface area contributed by atoms with Crippen molar-refractivity contribution in [2.75, 3.05) is 0 Å². The fourth-order valence-corrected chi connectivity index (χ4v) is 8.66. The minimum absolute atomic E-state index is 0.617. The van der Waals surface area contributed by atoms with E-state index in [1.165, 1.54) is 11.1 Å². The van der Waals surface area contributed by atoms with Crippen molar-refractivity contribution in [1.29, 1.82) is 0 Å².